The lowest BCUT2D eigenvalue weighted by Crippen LogP contribution is -2.18. The van der Waals surface area contributed by atoms with Crippen LogP contribution in [-0.2, 0) is 6.54 Å². The van der Waals surface area contributed by atoms with E-state index in [9.17, 15) is 0 Å². The molecule has 4 heteroatoms. The van der Waals surface area contributed by atoms with Crippen molar-refractivity contribution in [1.29, 1.82) is 0 Å². The molecule has 0 aliphatic carbocycles. The fraction of sp³-hybridized carbons (Fsp3) is 0.312. The van der Waals surface area contributed by atoms with Gasteiger partial charge in [0, 0.05) is 31.0 Å². The van der Waals surface area contributed by atoms with E-state index in [-0.39, 0.29) is 6.04 Å². The lowest BCUT2D eigenvalue weighted by molar-refractivity contribution is 0.392. The lowest BCUT2D eigenvalue weighted by atomic mass is 10.1. The lowest BCUT2D eigenvalue weighted by Gasteiger charge is -2.15. The van der Waals surface area contributed by atoms with E-state index in [1.54, 1.807) is 14.2 Å². The van der Waals surface area contributed by atoms with Gasteiger partial charge in [-0.1, -0.05) is 0 Å². The van der Waals surface area contributed by atoms with E-state index in [0.717, 1.165) is 23.6 Å². The minimum Gasteiger partial charge on any atom is -0.497 e. The van der Waals surface area contributed by atoms with Crippen molar-refractivity contribution in [3.63, 3.8) is 0 Å². The third kappa shape index (κ3) is 3.71. The summed E-state index contributed by atoms with van der Waals surface area (Å²) in [5, 5.41) is 3.48. The highest BCUT2D eigenvalue weighted by atomic mass is 16.5. The summed E-state index contributed by atoms with van der Waals surface area (Å²) in [6.45, 7) is 2.88. The standard InChI is InChI=1S/C16H20N2O2/c1-12(14-4-6-17-7-5-14)18-11-13-8-15(19-2)10-16(9-13)20-3/h4-10,12,18H,11H2,1-3H3/t12-/m0/s1. The van der Waals surface area contributed by atoms with E-state index >= 15 is 0 Å². The first-order chi connectivity index (χ1) is 9.72. The molecule has 4 nitrogen and oxygen atoms in total. The summed E-state index contributed by atoms with van der Waals surface area (Å²) in [7, 11) is 3.32. The molecule has 20 heavy (non-hydrogen) atoms. The van der Waals surface area contributed by atoms with Crippen molar-refractivity contribution in [2.24, 2.45) is 0 Å². The molecule has 0 saturated carbocycles. The number of ether oxygens (including phenoxy) is 2. The largest absolute Gasteiger partial charge is 0.497 e. The highest BCUT2D eigenvalue weighted by Crippen LogP contribution is 2.23. The highest BCUT2D eigenvalue weighted by Gasteiger charge is 2.06. The van der Waals surface area contributed by atoms with Crippen molar-refractivity contribution in [2.75, 3.05) is 14.2 Å². The van der Waals surface area contributed by atoms with Crippen LogP contribution in [0.2, 0.25) is 0 Å². The molecule has 0 radical (unpaired) electrons. The van der Waals surface area contributed by atoms with Crippen LogP contribution in [0.4, 0.5) is 0 Å². The van der Waals surface area contributed by atoms with Crippen molar-refractivity contribution in [3.05, 3.63) is 53.9 Å². The Hall–Kier alpha value is -2.07. The summed E-state index contributed by atoms with van der Waals surface area (Å²) in [5.74, 6) is 1.61. The monoisotopic (exact) mass is 272 g/mol. The molecule has 0 bridgehead atoms. The van der Waals surface area contributed by atoms with Gasteiger partial charge in [-0.3, -0.25) is 4.98 Å². The highest BCUT2D eigenvalue weighted by molar-refractivity contribution is 5.38. The Labute approximate surface area is 119 Å². The zero-order valence-corrected chi connectivity index (χ0v) is 12.1. The van der Waals surface area contributed by atoms with E-state index in [1.165, 1.54) is 5.56 Å². The number of nitrogens with one attached hydrogen (secondary N) is 1. The number of nitrogens with zero attached hydrogens (tertiary/aromatic N) is 1. The van der Waals surface area contributed by atoms with Crippen molar-refractivity contribution in [2.45, 2.75) is 19.5 Å². The Bertz CT molecular complexity index is 521. The van der Waals surface area contributed by atoms with Crippen molar-refractivity contribution in [1.82, 2.24) is 10.3 Å². The topological polar surface area (TPSA) is 43.4 Å². The van der Waals surface area contributed by atoms with Gasteiger partial charge < -0.3 is 14.8 Å². The molecule has 0 spiro atoms. The molecule has 0 aliphatic rings. The second kappa shape index (κ2) is 6.91. The van der Waals surface area contributed by atoms with Gasteiger partial charge in [-0.15, -0.1) is 0 Å². The number of pyridine rings is 1. The van der Waals surface area contributed by atoms with Crippen LogP contribution < -0.4 is 14.8 Å². The van der Waals surface area contributed by atoms with Crippen LogP contribution in [0.3, 0.4) is 0 Å². The summed E-state index contributed by atoms with van der Waals surface area (Å²) in [6, 6.07) is 10.2. The second-order valence-electron chi connectivity index (χ2n) is 4.60. The number of hydrogen-bond donors (Lipinski definition) is 1. The maximum atomic E-state index is 5.27. The van der Waals surface area contributed by atoms with E-state index in [1.807, 2.05) is 42.7 Å². The maximum absolute atomic E-state index is 5.27. The minimum atomic E-state index is 0.259. The quantitative estimate of drug-likeness (QED) is 0.878. The van der Waals surface area contributed by atoms with Crippen LogP contribution >= 0.6 is 0 Å². The zero-order chi connectivity index (χ0) is 14.4. The molecule has 1 N–H and O–H groups in total. The molecule has 1 heterocycles. The zero-order valence-electron chi connectivity index (χ0n) is 12.1. The van der Waals surface area contributed by atoms with E-state index in [2.05, 4.69) is 17.2 Å². The molecule has 2 aromatic rings. The molecule has 1 atom stereocenters. The summed E-state index contributed by atoms with van der Waals surface area (Å²) in [5.41, 5.74) is 2.34. The number of rotatable bonds is 6. The first-order valence-electron chi connectivity index (χ1n) is 6.58. The minimum absolute atomic E-state index is 0.259. The third-order valence-corrected chi connectivity index (χ3v) is 3.23. The molecule has 0 amide bonds. The first kappa shape index (κ1) is 14.3. The molecular weight excluding hydrogens is 252 g/mol. The summed E-state index contributed by atoms with van der Waals surface area (Å²) < 4.78 is 10.5. The second-order valence-corrected chi connectivity index (χ2v) is 4.60. The first-order valence-corrected chi connectivity index (χ1v) is 6.58. The predicted octanol–water partition coefficient (Wildman–Crippen LogP) is 2.95. The smallest absolute Gasteiger partial charge is 0.122 e. The molecular formula is C16H20N2O2. The van der Waals surface area contributed by atoms with E-state index in [4.69, 9.17) is 9.47 Å². The summed E-state index contributed by atoms with van der Waals surface area (Å²) in [6.07, 6.45) is 3.62. The van der Waals surface area contributed by atoms with Gasteiger partial charge in [-0.2, -0.15) is 0 Å². The van der Waals surface area contributed by atoms with Crippen LogP contribution in [0.5, 0.6) is 11.5 Å². The SMILES string of the molecule is COc1cc(CN[C@@H](C)c2ccncc2)cc(OC)c1. The van der Waals surface area contributed by atoms with Gasteiger partial charge in [0.15, 0.2) is 0 Å². The van der Waals surface area contributed by atoms with E-state index < -0.39 is 0 Å². The third-order valence-electron chi connectivity index (χ3n) is 3.23. The van der Waals surface area contributed by atoms with Crippen molar-refractivity contribution in [3.8, 4) is 11.5 Å². The molecule has 1 aromatic carbocycles. The number of methoxy groups -OCH3 is 2. The number of hydrogen-bond acceptors (Lipinski definition) is 4. The number of benzene rings is 1. The Balaban J connectivity index is 2.03. The van der Waals surface area contributed by atoms with Gasteiger partial charge in [0.1, 0.15) is 11.5 Å². The van der Waals surface area contributed by atoms with Gasteiger partial charge in [0.2, 0.25) is 0 Å². The Morgan fingerprint density at radius 2 is 1.65 bits per heavy atom. The van der Waals surface area contributed by atoms with Gasteiger partial charge in [-0.05, 0) is 42.3 Å². The van der Waals surface area contributed by atoms with Crippen molar-refractivity contribution >= 4 is 0 Å². The molecule has 0 fully saturated rings. The molecule has 0 unspecified atom stereocenters. The molecule has 2 rings (SSSR count). The van der Waals surface area contributed by atoms with Crippen molar-refractivity contribution < 1.29 is 9.47 Å². The molecule has 106 valence electrons. The average Bonchev–Trinajstić information content (AvgIpc) is 2.53. The van der Waals surface area contributed by atoms with Crippen LogP contribution in [0.15, 0.2) is 42.7 Å². The normalized spacial score (nSPS) is 11.9. The Morgan fingerprint density at radius 1 is 1.05 bits per heavy atom. The van der Waals surface area contributed by atoms with Crippen LogP contribution in [0, 0.1) is 0 Å². The Kier molecular flexibility index (Phi) is 4.96. The maximum Gasteiger partial charge on any atom is 0.122 e. The summed E-state index contributed by atoms with van der Waals surface area (Å²) in [4.78, 5) is 4.03. The molecule has 0 saturated heterocycles. The van der Waals surface area contributed by atoms with Gasteiger partial charge >= 0.3 is 0 Å². The number of aromatic nitrogens is 1. The van der Waals surface area contributed by atoms with Gasteiger partial charge in [0.05, 0.1) is 14.2 Å². The molecule has 0 aliphatic heterocycles. The fourth-order valence-electron chi connectivity index (χ4n) is 2.01. The van der Waals surface area contributed by atoms with Gasteiger partial charge in [0.25, 0.3) is 0 Å². The average molecular weight is 272 g/mol. The fourth-order valence-corrected chi connectivity index (χ4v) is 2.01. The Morgan fingerprint density at radius 3 is 2.20 bits per heavy atom. The summed E-state index contributed by atoms with van der Waals surface area (Å²) >= 11 is 0. The van der Waals surface area contributed by atoms with Gasteiger partial charge in [-0.25, -0.2) is 0 Å². The van der Waals surface area contributed by atoms with Crippen LogP contribution in [0.1, 0.15) is 24.1 Å². The van der Waals surface area contributed by atoms with Crippen LogP contribution in [-0.4, -0.2) is 19.2 Å². The predicted molar refractivity (Wildman–Crippen MR) is 79.0 cm³/mol. The van der Waals surface area contributed by atoms with E-state index in [0.29, 0.717) is 0 Å². The van der Waals surface area contributed by atoms with Crippen LogP contribution in [0.25, 0.3) is 0 Å². The molecule has 1 aromatic heterocycles.